The molecule has 3 unspecified atom stereocenters. The Balaban J connectivity index is 2.19. The minimum absolute atomic E-state index is 0.0887. The lowest BCUT2D eigenvalue weighted by Gasteiger charge is -2.49. The van der Waals surface area contributed by atoms with Gasteiger partial charge in [0.15, 0.2) is 0 Å². The first-order valence-corrected chi connectivity index (χ1v) is 8.18. The molecule has 1 aromatic rings. The first-order valence-electron chi connectivity index (χ1n) is 8.18. The summed E-state index contributed by atoms with van der Waals surface area (Å²) in [6.07, 6.45) is 7.39. The molecule has 0 bridgehead atoms. The molecule has 2 N–H and O–H groups in total. The molecule has 1 heterocycles. The van der Waals surface area contributed by atoms with Crippen LogP contribution in [0.25, 0.3) is 0 Å². The summed E-state index contributed by atoms with van der Waals surface area (Å²) in [7, 11) is 4.34. The van der Waals surface area contributed by atoms with E-state index in [1.54, 1.807) is 6.33 Å². The van der Waals surface area contributed by atoms with Gasteiger partial charge in [0.2, 0.25) is 0 Å². The van der Waals surface area contributed by atoms with Gasteiger partial charge < -0.3 is 10.6 Å². The molecule has 0 aliphatic heterocycles. The number of likely N-dealkylation sites (N-methyl/N-ethyl adjacent to an activating group) is 1. The minimum atomic E-state index is 0.0887. The van der Waals surface area contributed by atoms with Gasteiger partial charge in [-0.05, 0) is 46.7 Å². The van der Waals surface area contributed by atoms with Crippen molar-refractivity contribution in [2.24, 2.45) is 11.7 Å². The Morgan fingerprint density at radius 3 is 2.76 bits per heavy atom. The lowest BCUT2D eigenvalue weighted by Crippen LogP contribution is -2.60. The first-order chi connectivity index (χ1) is 9.86. The second kappa shape index (κ2) is 6.44. The Morgan fingerprint density at radius 2 is 2.19 bits per heavy atom. The van der Waals surface area contributed by atoms with Crippen molar-refractivity contribution < 1.29 is 0 Å². The molecule has 1 aromatic heterocycles. The average Bonchev–Trinajstić information content (AvgIpc) is 2.86. The Hall–Kier alpha value is -0.940. The van der Waals surface area contributed by atoms with Crippen molar-refractivity contribution in [2.45, 2.75) is 70.5 Å². The van der Waals surface area contributed by atoms with Crippen LogP contribution < -0.4 is 5.73 Å². The quantitative estimate of drug-likeness (QED) is 0.904. The molecule has 5 nitrogen and oxygen atoms in total. The maximum absolute atomic E-state index is 6.68. The molecule has 120 valence electrons. The Bertz CT molecular complexity index is 453. The van der Waals surface area contributed by atoms with Crippen LogP contribution >= 0.6 is 0 Å². The number of nitrogens with two attached hydrogens (primary N) is 1. The summed E-state index contributed by atoms with van der Waals surface area (Å²) in [4.78, 5) is 6.79. The molecule has 1 saturated carbocycles. The summed E-state index contributed by atoms with van der Waals surface area (Å²) >= 11 is 0. The van der Waals surface area contributed by atoms with E-state index in [0.29, 0.717) is 6.04 Å². The van der Waals surface area contributed by atoms with E-state index in [1.807, 2.05) is 4.68 Å². The van der Waals surface area contributed by atoms with E-state index in [9.17, 15) is 0 Å². The van der Waals surface area contributed by atoms with Gasteiger partial charge in [-0.15, -0.1) is 0 Å². The predicted molar refractivity (Wildman–Crippen MR) is 86.1 cm³/mol. The Morgan fingerprint density at radius 1 is 1.48 bits per heavy atom. The number of rotatable bonds is 5. The van der Waals surface area contributed by atoms with Gasteiger partial charge in [-0.3, -0.25) is 0 Å². The number of hydrogen-bond donors (Lipinski definition) is 1. The predicted octanol–water partition coefficient (Wildman–Crippen LogP) is 2.24. The van der Waals surface area contributed by atoms with Crippen LogP contribution in [0.4, 0.5) is 0 Å². The number of nitrogens with zero attached hydrogens (tertiary/aromatic N) is 4. The zero-order chi connectivity index (χ0) is 15.6. The van der Waals surface area contributed by atoms with Crippen molar-refractivity contribution in [1.82, 2.24) is 19.7 Å². The normalized spacial score (nSPS) is 28.3. The average molecular weight is 293 g/mol. The van der Waals surface area contributed by atoms with Gasteiger partial charge in [-0.25, -0.2) is 9.67 Å². The lowest BCUT2D eigenvalue weighted by atomic mass is 9.70. The fourth-order valence-electron chi connectivity index (χ4n) is 3.88. The van der Waals surface area contributed by atoms with Crippen LogP contribution in [0.2, 0.25) is 0 Å². The second-order valence-corrected chi connectivity index (χ2v) is 7.22. The fourth-order valence-corrected chi connectivity index (χ4v) is 3.88. The largest absolute Gasteiger partial charge is 0.326 e. The van der Waals surface area contributed by atoms with Gasteiger partial charge in [0, 0.05) is 24.0 Å². The van der Waals surface area contributed by atoms with Crippen LogP contribution in [-0.2, 0) is 6.42 Å². The first kappa shape index (κ1) is 16.4. The van der Waals surface area contributed by atoms with Crippen molar-refractivity contribution in [3.63, 3.8) is 0 Å². The molecule has 2 rings (SSSR count). The van der Waals surface area contributed by atoms with Gasteiger partial charge in [-0.1, -0.05) is 19.8 Å². The van der Waals surface area contributed by atoms with Crippen molar-refractivity contribution in [1.29, 1.82) is 0 Å². The van der Waals surface area contributed by atoms with Crippen molar-refractivity contribution in [2.75, 3.05) is 14.1 Å². The van der Waals surface area contributed by atoms with Crippen LogP contribution in [0.5, 0.6) is 0 Å². The highest BCUT2D eigenvalue weighted by atomic mass is 15.3. The molecule has 0 radical (unpaired) electrons. The van der Waals surface area contributed by atoms with Crippen LogP contribution in [0, 0.1) is 5.92 Å². The SMILES string of the molecule is CC1CCCC(C(N)Cc2ncnn2C(C)C)(N(C)C)C1. The van der Waals surface area contributed by atoms with Crippen molar-refractivity contribution in [3.8, 4) is 0 Å². The minimum Gasteiger partial charge on any atom is -0.326 e. The molecule has 5 heteroatoms. The van der Waals surface area contributed by atoms with Crippen LogP contribution in [0.15, 0.2) is 6.33 Å². The van der Waals surface area contributed by atoms with E-state index in [0.717, 1.165) is 18.2 Å². The molecule has 0 saturated heterocycles. The van der Waals surface area contributed by atoms with E-state index in [1.165, 1.54) is 25.7 Å². The van der Waals surface area contributed by atoms with Crippen LogP contribution in [0.1, 0.15) is 58.3 Å². The topological polar surface area (TPSA) is 60.0 Å². The molecular formula is C16H31N5. The highest BCUT2D eigenvalue weighted by Crippen LogP contribution is 2.38. The maximum atomic E-state index is 6.68. The highest BCUT2D eigenvalue weighted by Gasteiger charge is 2.42. The van der Waals surface area contributed by atoms with E-state index >= 15 is 0 Å². The van der Waals surface area contributed by atoms with Gasteiger partial charge in [0.05, 0.1) is 0 Å². The highest BCUT2D eigenvalue weighted by molar-refractivity contribution is 5.05. The molecule has 1 aliphatic carbocycles. The Kier molecular flexibility index (Phi) is 5.04. The molecule has 0 aromatic carbocycles. The zero-order valence-corrected chi connectivity index (χ0v) is 14.2. The van der Waals surface area contributed by atoms with Gasteiger partial charge >= 0.3 is 0 Å². The van der Waals surface area contributed by atoms with E-state index in [2.05, 4.69) is 49.8 Å². The summed E-state index contributed by atoms with van der Waals surface area (Å²) in [6, 6.07) is 0.423. The standard InChI is InChI=1S/C16H31N5/c1-12(2)21-15(18-11-19-21)9-14(17)16(20(4)5)8-6-7-13(3)10-16/h11-14H,6-10,17H2,1-5H3. The molecule has 1 fully saturated rings. The van der Waals surface area contributed by atoms with E-state index in [4.69, 9.17) is 5.73 Å². The smallest absolute Gasteiger partial charge is 0.138 e. The van der Waals surface area contributed by atoms with Crippen molar-refractivity contribution in [3.05, 3.63) is 12.2 Å². The lowest BCUT2D eigenvalue weighted by molar-refractivity contribution is 0.0494. The molecule has 0 spiro atoms. The van der Waals surface area contributed by atoms with Crippen LogP contribution in [0.3, 0.4) is 0 Å². The number of aromatic nitrogens is 3. The zero-order valence-electron chi connectivity index (χ0n) is 14.2. The fraction of sp³-hybridized carbons (Fsp3) is 0.875. The number of hydrogen-bond acceptors (Lipinski definition) is 4. The summed E-state index contributed by atoms with van der Waals surface area (Å²) in [5.74, 6) is 1.76. The van der Waals surface area contributed by atoms with E-state index in [-0.39, 0.29) is 11.6 Å². The molecular weight excluding hydrogens is 262 g/mol. The summed E-state index contributed by atoms with van der Waals surface area (Å²) in [6.45, 7) is 6.61. The monoisotopic (exact) mass is 293 g/mol. The summed E-state index contributed by atoms with van der Waals surface area (Å²) < 4.78 is 2.00. The third kappa shape index (κ3) is 3.29. The van der Waals surface area contributed by atoms with Crippen LogP contribution in [-0.4, -0.2) is 45.3 Å². The molecule has 1 aliphatic rings. The third-order valence-electron chi connectivity index (χ3n) is 5.13. The second-order valence-electron chi connectivity index (χ2n) is 7.22. The van der Waals surface area contributed by atoms with Gasteiger partial charge in [-0.2, -0.15) is 5.10 Å². The van der Waals surface area contributed by atoms with Gasteiger partial charge in [0.25, 0.3) is 0 Å². The Labute approximate surface area is 128 Å². The molecule has 3 atom stereocenters. The summed E-state index contributed by atoms with van der Waals surface area (Å²) in [5.41, 5.74) is 6.77. The summed E-state index contributed by atoms with van der Waals surface area (Å²) in [5, 5.41) is 4.33. The maximum Gasteiger partial charge on any atom is 0.138 e. The third-order valence-corrected chi connectivity index (χ3v) is 5.13. The van der Waals surface area contributed by atoms with Gasteiger partial charge in [0.1, 0.15) is 12.2 Å². The molecule has 21 heavy (non-hydrogen) atoms. The van der Waals surface area contributed by atoms with Crippen molar-refractivity contribution >= 4 is 0 Å². The molecule has 0 amide bonds. The van der Waals surface area contributed by atoms with E-state index < -0.39 is 0 Å².